The first kappa shape index (κ1) is 21.1. The molecule has 3 heterocycles. The molecule has 7 heteroatoms. The number of aromatic nitrogens is 1. The molecule has 0 radical (unpaired) electrons. The van der Waals surface area contributed by atoms with Gasteiger partial charge in [-0.3, -0.25) is 4.79 Å². The van der Waals surface area contributed by atoms with Crippen LogP contribution in [0, 0.1) is 0 Å². The third-order valence-electron chi connectivity index (χ3n) is 5.78. The van der Waals surface area contributed by atoms with E-state index in [9.17, 15) is 14.3 Å². The molecule has 6 nitrogen and oxygen atoms in total. The third-order valence-corrected chi connectivity index (χ3v) is 5.78. The number of carbonyl (C=O) groups is 1. The molecule has 1 aromatic carbocycles. The predicted molar refractivity (Wildman–Crippen MR) is 115 cm³/mol. The number of dihydropyridines is 1. The minimum absolute atomic E-state index is 0.0738. The molecule has 0 bridgehead atoms. The summed E-state index contributed by atoms with van der Waals surface area (Å²) >= 11 is 0. The number of aryl methyl sites for hydroxylation is 1. The molecule has 2 aromatic rings. The van der Waals surface area contributed by atoms with E-state index in [2.05, 4.69) is 10.3 Å². The lowest BCUT2D eigenvalue weighted by molar-refractivity contribution is -0.131. The highest BCUT2D eigenvalue weighted by Gasteiger charge is 2.32. The van der Waals surface area contributed by atoms with E-state index in [-0.39, 0.29) is 18.4 Å². The number of amides is 1. The summed E-state index contributed by atoms with van der Waals surface area (Å²) in [5, 5.41) is 12.7. The van der Waals surface area contributed by atoms with Crippen LogP contribution in [0.4, 0.5) is 4.39 Å². The quantitative estimate of drug-likeness (QED) is 0.743. The summed E-state index contributed by atoms with van der Waals surface area (Å²) in [5.41, 5.74) is 2.81. The van der Waals surface area contributed by atoms with Crippen molar-refractivity contribution in [2.45, 2.75) is 38.3 Å². The molecule has 2 aliphatic heterocycles. The minimum Gasteiger partial charge on any atom is -0.439 e. The van der Waals surface area contributed by atoms with E-state index in [1.165, 1.54) is 12.3 Å². The van der Waals surface area contributed by atoms with Crippen LogP contribution in [0.5, 0.6) is 11.6 Å². The summed E-state index contributed by atoms with van der Waals surface area (Å²) < 4.78 is 19.1. The van der Waals surface area contributed by atoms with E-state index >= 15 is 0 Å². The number of halogens is 1. The van der Waals surface area contributed by atoms with Gasteiger partial charge in [-0.15, -0.1) is 0 Å². The lowest BCUT2D eigenvalue weighted by Crippen LogP contribution is -2.43. The zero-order valence-electron chi connectivity index (χ0n) is 17.4. The molecule has 0 saturated carbocycles. The van der Waals surface area contributed by atoms with E-state index in [0.29, 0.717) is 24.7 Å². The number of aliphatic hydroxyl groups excluding tert-OH is 1. The van der Waals surface area contributed by atoms with Gasteiger partial charge >= 0.3 is 0 Å². The fraction of sp³-hybridized carbons (Fsp3) is 0.333. The van der Waals surface area contributed by atoms with Crippen LogP contribution in [-0.4, -0.2) is 40.0 Å². The Morgan fingerprint density at radius 3 is 2.97 bits per heavy atom. The molecule has 1 fully saturated rings. The normalized spacial score (nSPS) is 20.4. The summed E-state index contributed by atoms with van der Waals surface area (Å²) in [6, 6.07) is 9.00. The summed E-state index contributed by atoms with van der Waals surface area (Å²) in [4.78, 5) is 18.8. The summed E-state index contributed by atoms with van der Waals surface area (Å²) in [7, 11) is 0. The van der Waals surface area contributed by atoms with Gasteiger partial charge in [0.25, 0.3) is 0 Å². The topological polar surface area (TPSA) is 74.7 Å². The molecule has 1 saturated heterocycles. The maximum absolute atomic E-state index is 13.1. The molecule has 0 aliphatic carbocycles. The van der Waals surface area contributed by atoms with Crippen molar-refractivity contribution in [3.8, 4) is 11.6 Å². The lowest BCUT2D eigenvalue weighted by atomic mass is 9.93. The summed E-state index contributed by atoms with van der Waals surface area (Å²) in [6.45, 7) is 3.12. The number of rotatable bonds is 6. The molecule has 1 amide bonds. The number of hydrogen-bond donors (Lipinski definition) is 2. The largest absolute Gasteiger partial charge is 0.439 e. The Balaban J connectivity index is 1.46. The maximum Gasteiger partial charge on any atom is 0.249 e. The van der Waals surface area contributed by atoms with E-state index < -0.39 is 11.9 Å². The van der Waals surface area contributed by atoms with E-state index in [1.54, 1.807) is 17.2 Å². The van der Waals surface area contributed by atoms with E-state index in [1.807, 2.05) is 37.3 Å². The van der Waals surface area contributed by atoms with Gasteiger partial charge in [-0.1, -0.05) is 19.1 Å². The van der Waals surface area contributed by atoms with Crippen LogP contribution in [0.15, 0.2) is 60.7 Å². The molecule has 2 N–H and O–H groups in total. The van der Waals surface area contributed by atoms with Crippen LogP contribution in [-0.2, 0) is 17.8 Å². The highest BCUT2D eigenvalue weighted by molar-refractivity contribution is 5.84. The first-order valence-electron chi connectivity index (χ1n) is 10.5. The van der Waals surface area contributed by atoms with Gasteiger partial charge in [-0.05, 0) is 54.3 Å². The van der Waals surface area contributed by atoms with Crippen LogP contribution >= 0.6 is 0 Å². The molecule has 4 rings (SSSR count). The molecular formula is C24H26FN3O3. The number of benzene rings is 1. The van der Waals surface area contributed by atoms with Crippen molar-refractivity contribution in [2.24, 2.45) is 0 Å². The minimum atomic E-state index is -0.544. The average Bonchev–Trinajstić information content (AvgIpc) is 3.29. The molecule has 31 heavy (non-hydrogen) atoms. The van der Waals surface area contributed by atoms with Crippen LogP contribution in [0.3, 0.4) is 0 Å². The number of pyridine rings is 1. The van der Waals surface area contributed by atoms with Gasteiger partial charge in [0.05, 0.1) is 6.61 Å². The van der Waals surface area contributed by atoms with Crippen LogP contribution < -0.4 is 10.1 Å². The Kier molecular flexibility index (Phi) is 6.32. The van der Waals surface area contributed by atoms with Crippen molar-refractivity contribution in [3.05, 3.63) is 77.4 Å². The standard InChI is InChI=1S/C24H26FN3O3/c1-2-16-4-3-10-26-23(16)31-20-6-7-21(18(12-20)15-29)17-9-11-28(14-17)24(30)22-8-5-19(25)13-27-22/h3-8,10,12-13,17,22,27,29H,2,9,11,14-15H2,1H3. The predicted octanol–water partition coefficient (Wildman–Crippen LogP) is 3.58. The van der Waals surface area contributed by atoms with Gasteiger partial charge in [0.15, 0.2) is 0 Å². The Bertz CT molecular complexity index is 1020. The smallest absolute Gasteiger partial charge is 0.249 e. The van der Waals surface area contributed by atoms with Gasteiger partial charge in [-0.2, -0.15) is 0 Å². The first-order valence-corrected chi connectivity index (χ1v) is 10.5. The number of likely N-dealkylation sites (tertiary alicyclic amines) is 1. The number of nitrogens with one attached hydrogen (secondary N) is 1. The number of allylic oxidation sites excluding steroid dienone is 2. The number of hydrogen-bond acceptors (Lipinski definition) is 5. The Morgan fingerprint density at radius 2 is 2.23 bits per heavy atom. The van der Waals surface area contributed by atoms with Gasteiger partial charge in [-0.25, -0.2) is 9.37 Å². The van der Waals surface area contributed by atoms with Crippen molar-refractivity contribution in [1.29, 1.82) is 0 Å². The van der Waals surface area contributed by atoms with Gasteiger partial charge in [0.1, 0.15) is 17.6 Å². The first-order chi connectivity index (χ1) is 15.1. The monoisotopic (exact) mass is 423 g/mol. The molecule has 2 aliphatic rings. The average molecular weight is 423 g/mol. The van der Waals surface area contributed by atoms with Crippen LogP contribution in [0.1, 0.15) is 36.0 Å². The van der Waals surface area contributed by atoms with Gasteiger partial charge < -0.3 is 20.1 Å². The number of aliphatic hydroxyl groups is 1. The summed E-state index contributed by atoms with van der Waals surface area (Å²) in [5.74, 6) is 0.849. The van der Waals surface area contributed by atoms with E-state index in [0.717, 1.165) is 29.5 Å². The Labute approximate surface area is 181 Å². The molecule has 0 spiro atoms. The molecule has 2 atom stereocenters. The van der Waals surface area contributed by atoms with Crippen molar-refractivity contribution < 1.29 is 19.0 Å². The maximum atomic E-state index is 13.1. The Morgan fingerprint density at radius 1 is 1.35 bits per heavy atom. The Hall–Kier alpha value is -3.19. The second-order valence-corrected chi connectivity index (χ2v) is 7.74. The molecule has 1 aromatic heterocycles. The highest BCUT2D eigenvalue weighted by Crippen LogP contribution is 2.33. The van der Waals surface area contributed by atoms with Crippen LogP contribution in [0.2, 0.25) is 0 Å². The molecular weight excluding hydrogens is 397 g/mol. The molecule has 162 valence electrons. The van der Waals surface area contributed by atoms with Crippen molar-refractivity contribution in [2.75, 3.05) is 13.1 Å². The van der Waals surface area contributed by atoms with Crippen molar-refractivity contribution in [3.63, 3.8) is 0 Å². The molecule has 2 unspecified atom stereocenters. The zero-order valence-corrected chi connectivity index (χ0v) is 17.4. The van der Waals surface area contributed by atoms with E-state index in [4.69, 9.17) is 4.74 Å². The highest BCUT2D eigenvalue weighted by atomic mass is 19.1. The lowest BCUT2D eigenvalue weighted by Gasteiger charge is -2.23. The number of carbonyl (C=O) groups excluding carboxylic acids is 1. The van der Waals surface area contributed by atoms with Gasteiger partial charge in [0, 0.05) is 37.0 Å². The van der Waals surface area contributed by atoms with Crippen molar-refractivity contribution in [1.82, 2.24) is 15.2 Å². The fourth-order valence-electron chi connectivity index (χ4n) is 4.10. The van der Waals surface area contributed by atoms with Gasteiger partial charge in [0.2, 0.25) is 11.8 Å². The van der Waals surface area contributed by atoms with Crippen molar-refractivity contribution >= 4 is 5.91 Å². The number of ether oxygens (including phenoxy) is 1. The summed E-state index contributed by atoms with van der Waals surface area (Å²) in [6.07, 6.45) is 7.37. The van der Waals surface area contributed by atoms with Crippen LogP contribution in [0.25, 0.3) is 0 Å². The SMILES string of the molecule is CCc1cccnc1Oc1ccc(C2CCN(C(=O)C3C=CC(F)=CN3)C2)c(CO)c1. The third kappa shape index (κ3) is 4.61. The number of nitrogens with zero attached hydrogens (tertiary/aromatic N) is 2. The zero-order chi connectivity index (χ0) is 21.8. The second kappa shape index (κ2) is 9.31. The second-order valence-electron chi connectivity index (χ2n) is 7.74. The fourth-order valence-corrected chi connectivity index (χ4v) is 4.10.